The fourth-order valence-electron chi connectivity index (χ4n) is 2.17. The summed E-state index contributed by atoms with van der Waals surface area (Å²) in [6.07, 6.45) is 6.76. The number of ketones is 1. The number of hydrogen-bond donors (Lipinski definition) is 0. The zero-order chi connectivity index (χ0) is 15.9. The van der Waals surface area contributed by atoms with Gasteiger partial charge in [-0.3, -0.25) is 4.79 Å². The Hall–Kier alpha value is -2.43. The first-order chi connectivity index (χ1) is 10.7. The average Bonchev–Trinajstić information content (AvgIpc) is 2.59. The first-order valence-corrected chi connectivity index (χ1v) is 7.05. The first kappa shape index (κ1) is 15.9. The molecule has 0 amide bonds. The highest BCUT2D eigenvalue weighted by Crippen LogP contribution is 2.35. The normalized spacial score (nSPS) is 14.2. The smallest absolute Gasteiger partial charge is 0.220 e. The molecule has 5 nitrogen and oxygen atoms in total. The molecule has 0 unspecified atom stereocenters. The Morgan fingerprint density at radius 1 is 1.14 bits per heavy atom. The minimum atomic E-state index is -0.167. The van der Waals surface area contributed by atoms with Gasteiger partial charge in [-0.05, 0) is 31.1 Å². The van der Waals surface area contributed by atoms with Crippen LogP contribution in [-0.2, 0) is 9.53 Å². The molecule has 118 valence electrons. The Labute approximate surface area is 130 Å². The van der Waals surface area contributed by atoms with Crippen molar-refractivity contribution in [1.82, 2.24) is 0 Å². The molecule has 0 fully saturated rings. The van der Waals surface area contributed by atoms with Crippen LogP contribution in [-0.4, -0.2) is 33.7 Å². The van der Waals surface area contributed by atoms with E-state index in [2.05, 4.69) is 0 Å². The third kappa shape index (κ3) is 3.61. The Bertz CT molecular complexity index is 576. The van der Waals surface area contributed by atoms with Gasteiger partial charge in [-0.25, -0.2) is 0 Å². The van der Waals surface area contributed by atoms with E-state index in [4.69, 9.17) is 18.9 Å². The number of methoxy groups -OCH3 is 3. The van der Waals surface area contributed by atoms with Crippen LogP contribution in [0.25, 0.3) is 6.08 Å². The second-order valence-electron chi connectivity index (χ2n) is 4.70. The van der Waals surface area contributed by atoms with E-state index in [0.29, 0.717) is 35.2 Å². The quantitative estimate of drug-likeness (QED) is 0.756. The monoisotopic (exact) mass is 304 g/mol. The maximum Gasteiger partial charge on any atom is 0.220 e. The average molecular weight is 304 g/mol. The van der Waals surface area contributed by atoms with Crippen LogP contribution in [0.15, 0.2) is 30.0 Å². The summed E-state index contributed by atoms with van der Waals surface area (Å²) in [5.74, 6) is 1.99. The van der Waals surface area contributed by atoms with Crippen molar-refractivity contribution in [3.8, 4) is 17.2 Å². The van der Waals surface area contributed by atoms with Crippen LogP contribution in [0.5, 0.6) is 17.2 Å². The topological polar surface area (TPSA) is 54.0 Å². The number of benzene rings is 1. The second-order valence-corrected chi connectivity index (χ2v) is 4.70. The van der Waals surface area contributed by atoms with Gasteiger partial charge >= 0.3 is 0 Å². The summed E-state index contributed by atoms with van der Waals surface area (Å²) in [5.41, 5.74) is 0.676. The molecule has 0 atom stereocenters. The molecule has 1 aliphatic heterocycles. The van der Waals surface area contributed by atoms with Crippen molar-refractivity contribution in [2.45, 2.75) is 12.8 Å². The molecule has 22 heavy (non-hydrogen) atoms. The molecule has 1 aromatic rings. The van der Waals surface area contributed by atoms with Gasteiger partial charge in [0.15, 0.2) is 5.76 Å². The fourth-order valence-corrected chi connectivity index (χ4v) is 2.17. The molecule has 0 saturated carbocycles. The van der Waals surface area contributed by atoms with E-state index in [1.165, 1.54) is 6.08 Å². The summed E-state index contributed by atoms with van der Waals surface area (Å²) < 4.78 is 21.2. The molecule has 0 bridgehead atoms. The van der Waals surface area contributed by atoms with Crippen molar-refractivity contribution < 1.29 is 23.7 Å². The van der Waals surface area contributed by atoms with Gasteiger partial charge < -0.3 is 18.9 Å². The Kier molecular flexibility index (Phi) is 5.47. The molecule has 0 aliphatic carbocycles. The van der Waals surface area contributed by atoms with E-state index in [9.17, 15) is 4.79 Å². The van der Waals surface area contributed by atoms with Crippen molar-refractivity contribution in [3.05, 3.63) is 35.6 Å². The minimum Gasteiger partial charge on any atom is -0.496 e. The van der Waals surface area contributed by atoms with Gasteiger partial charge in [-0.2, -0.15) is 0 Å². The Morgan fingerprint density at radius 2 is 1.82 bits per heavy atom. The molecule has 1 aliphatic rings. The molecular formula is C17H20O5. The maximum absolute atomic E-state index is 12.1. The fraction of sp³-hybridized carbons (Fsp3) is 0.353. The summed E-state index contributed by atoms with van der Waals surface area (Å²) in [6.45, 7) is 0.584. The van der Waals surface area contributed by atoms with Crippen LogP contribution in [0.4, 0.5) is 0 Å². The lowest BCUT2D eigenvalue weighted by Crippen LogP contribution is -2.08. The van der Waals surface area contributed by atoms with Crippen LogP contribution in [0, 0.1) is 0 Å². The molecular weight excluding hydrogens is 284 g/mol. The summed E-state index contributed by atoms with van der Waals surface area (Å²) in [6, 6.07) is 3.48. The zero-order valence-corrected chi connectivity index (χ0v) is 13.0. The highest BCUT2D eigenvalue weighted by atomic mass is 16.5. The SMILES string of the molecule is COc1cc(OC)c(/C=C/C(=O)C2=CCCCO2)c(OC)c1. The van der Waals surface area contributed by atoms with E-state index in [1.54, 1.807) is 39.5 Å². The van der Waals surface area contributed by atoms with Crippen molar-refractivity contribution in [2.75, 3.05) is 27.9 Å². The molecule has 2 rings (SSSR count). The van der Waals surface area contributed by atoms with Crippen molar-refractivity contribution >= 4 is 11.9 Å². The van der Waals surface area contributed by atoms with Crippen LogP contribution < -0.4 is 14.2 Å². The van der Waals surface area contributed by atoms with Gasteiger partial charge in [0.05, 0.1) is 33.5 Å². The van der Waals surface area contributed by atoms with Crippen LogP contribution in [0.3, 0.4) is 0 Å². The minimum absolute atomic E-state index is 0.167. The number of allylic oxidation sites excluding steroid dienone is 2. The van der Waals surface area contributed by atoms with Crippen LogP contribution in [0.2, 0.25) is 0 Å². The number of hydrogen-bond acceptors (Lipinski definition) is 5. The third-order valence-corrected chi connectivity index (χ3v) is 3.33. The van der Waals surface area contributed by atoms with E-state index in [-0.39, 0.29) is 5.78 Å². The third-order valence-electron chi connectivity index (χ3n) is 3.33. The maximum atomic E-state index is 12.1. The van der Waals surface area contributed by atoms with Crippen LogP contribution in [0.1, 0.15) is 18.4 Å². The number of carbonyl (C=O) groups excluding carboxylic acids is 1. The van der Waals surface area contributed by atoms with Gasteiger partial charge in [0.1, 0.15) is 17.2 Å². The molecule has 0 radical (unpaired) electrons. The predicted molar refractivity (Wildman–Crippen MR) is 83.4 cm³/mol. The molecule has 0 spiro atoms. The van der Waals surface area contributed by atoms with E-state index in [0.717, 1.165) is 12.8 Å². The zero-order valence-electron chi connectivity index (χ0n) is 13.0. The van der Waals surface area contributed by atoms with Gasteiger partial charge in [0, 0.05) is 12.1 Å². The summed E-state index contributed by atoms with van der Waals surface area (Å²) in [7, 11) is 4.68. The molecule has 5 heteroatoms. The molecule has 0 aromatic heterocycles. The van der Waals surface area contributed by atoms with Gasteiger partial charge in [0.25, 0.3) is 0 Å². The predicted octanol–water partition coefficient (Wildman–Crippen LogP) is 2.99. The second kappa shape index (κ2) is 7.54. The first-order valence-electron chi connectivity index (χ1n) is 7.05. The van der Waals surface area contributed by atoms with E-state index < -0.39 is 0 Å². The molecule has 0 N–H and O–H groups in total. The lowest BCUT2D eigenvalue weighted by atomic mass is 10.1. The largest absolute Gasteiger partial charge is 0.496 e. The highest BCUT2D eigenvalue weighted by molar-refractivity contribution is 6.05. The lowest BCUT2D eigenvalue weighted by molar-refractivity contribution is -0.114. The van der Waals surface area contributed by atoms with Gasteiger partial charge in [0.2, 0.25) is 5.78 Å². The van der Waals surface area contributed by atoms with Crippen molar-refractivity contribution in [2.24, 2.45) is 0 Å². The van der Waals surface area contributed by atoms with Gasteiger partial charge in [-0.15, -0.1) is 0 Å². The number of rotatable bonds is 6. The highest BCUT2D eigenvalue weighted by Gasteiger charge is 2.14. The Morgan fingerprint density at radius 3 is 2.32 bits per heavy atom. The molecule has 0 saturated heterocycles. The Balaban J connectivity index is 2.29. The molecule has 1 heterocycles. The number of ether oxygens (including phenoxy) is 4. The van der Waals surface area contributed by atoms with E-state index in [1.807, 2.05) is 6.08 Å². The summed E-state index contributed by atoms with van der Waals surface area (Å²) in [4.78, 5) is 12.1. The van der Waals surface area contributed by atoms with Gasteiger partial charge in [-0.1, -0.05) is 0 Å². The van der Waals surface area contributed by atoms with E-state index >= 15 is 0 Å². The summed E-state index contributed by atoms with van der Waals surface area (Å²) >= 11 is 0. The van der Waals surface area contributed by atoms with Crippen LogP contribution >= 0.6 is 0 Å². The molecule has 1 aromatic carbocycles. The number of carbonyl (C=O) groups is 1. The lowest BCUT2D eigenvalue weighted by Gasteiger charge is -2.13. The summed E-state index contributed by atoms with van der Waals surface area (Å²) in [5, 5.41) is 0. The van der Waals surface area contributed by atoms with Crippen molar-refractivity contribution in [1.29, 1.82) is 0 Å². The standard InChI is InChI=1S/C17H20O5/c1-19-12-10-16(20-2)13(17(11-12)21-3)7-8-14(18)15-6-4-5-9-22-15/h6-8,10-11H,4-5,9H2,1-3H3/b8-7+. The van der Waals surface area contributed by atoms with Crippen molar-refractivity contribution in [3.63, 3.8) is 0 Å².